The Morgan fingerprint density at radius 3 is 2.74 bits per heavy atom. The van der Waals surface area contributed by atoms with Gasteiger partial charge in [-0.2, -0.15) is 0 Å². The number of hydrogen-bond acceptors (Lipinski definition) is 5. The molecule has 2 heterocycles. The molecule has 0 unspecified atom stereocenters. The maximum atomic E-state index is 12.1. The summed E-state index contributed by atoms with van der Waals surface area (Å²) in [6, 6.07) is 9.27. The summed E-state index contributed by atoms with van der Waals surface area (Å²) in [4.78, 5) is 16.4. The molecule has 0 spiro atoms. The first-order valence-corrected chi connectivity index (χ1v) is 9.06. The number of nitrogens with zero attached hydrogens (tertiary/aromatic N) is 1. The van der Waals surface area contributed by atoms with Crippen LogP contribution < -0.4 is 10.5 Å². The fourth-order valence-electron chi connectivity index (χ4n) is 3.96. The molecular formula is C21H22N2O4. The SMILES string of the molecule is Cc1oc2ccc(OCc3ccccn3)c(C3(CO)CCC3)c2c1C(N)=O. The highest BCUT2D eigenvalue weighted by molar-refractivity contribution is 6.08. The summed E-state index contributed by atoms with van der Waals surface area (Å²) >= 11 is 0. The number of fused-ring (bicyclic) bond motifs is 1. The van der Waals surface area contributed by atoms with Gasteiger partial charge in [0.1, 0.15) is 23.7 Å². The average molecular weight is 366 g/mol. The van der Waals surface area contributed by atoms with Gasteiger partial charge in [-0.15, -0.1) is 0 Å². The molecule has 6 heteroatoms. The van der Waals surface area contributed by atoms with Crippen molar-refractivity contribution in [2.45, 2.75) is 38.2 Å². The number of amides is 1. The molecule has 1 aliphatic carbocycles. The molecular weight excluding hydrogens is 344 g/mol. The number of primary amides is 1. The maximum absolute atomic E-state index is 12.1. The van der Waals surface area contributed by atoms with Crippen LogP contribution >= 0.6 is 0 Å². The summed E-state index contributed by atoms with van der Waals surface area (Å²) in [5.41, 5.74) is 7.76. The number of nitrogens with two attached hydrogens (primary N) is 1. The largest absolute Gasteiger partial charge is 0.487 e. The minimum atomic E-state index is -0.540. The van der Waals surface area contributed by atoms with Crippen LogP contribution in [0.3, 0.4) is 0 Å². The number of carbonyl (C=O) groups is 1. The van der Waals surface area contributed by atoms with E-state index in [1.807, 2.05) is 24.3 Å². The van der Waals surface area contributed by atoms with Gasteiger partial charge in [-0.25, -0.2) is 0 Å². The van der Waals surface area contributed by atoms with Crippen molar-refractivity contribution in [3.05, 3.63) is 59.1 Å². The summed E-state index contributed by atoms with van der Waals surface area (Å²) in [6.07, 6.45) is 4.38. The van der Waals surface area contributed by atoms with Crippen LogP contribution in [0.15, 0.2) is 40.9 Å². The lowest BCUT2D eigenvalue weighted by Gasteiger charge is -2.42. The average Bonchev–Trinajstić information content (AvgIpc) is 2.97. The molecule has 3 N–H and O–H groups in total. The Kier molecular flexibility index (Phi) is 4.36. The predicted octanol–water partition coefficient (Wildman–Crippen LogP) is 3.23. The maximum Gasteiger partial charge on any atom is 0.252 e. The van der Waals surface area contributed by atoms with Crippen LogP contribution in [-0.4, -0.2) is 22.6 Å². The molecule has 0 bridgehead atoms. The van der Waals surface area contributed by atoms with E-state index in [2.05, 4.69) is 4.98 Å². The highest BCUT2D eigenvalue weighted by Crippen LogP contribution is 2.51. The summed E-state index contributed by atoms with van der Waals surface area (Å²) in [6.45, 7) is 2.00. The van der Waals surface area contributed by atoms with E-state index in [0.717, 1.165) is 30.5 Å². The second kappa shape index (κ2) is 6.70. The van der Waals surface area contributed by atoms with E-state index in [1.165, 1.54) is 0 Å². The van der Waals surface area contributed by atoms with E-state index in [1.54, 1.807) is 19.2 Å². The topological polar surface area (TPSA) is 98.6 Å². The number of aliphatic hydroxyl groups is 1. The summed E-state index contributed by atoms with van der Waals surface area (Å²) < 4.78 is 11.9. The minimum Gasteiger partial charge on any atom is -0.487 e. The highest BCUT2D eigenvalue weighted by Gasteiger charge is 2.43. The van der Waals surface area contributed by atoms with Crippen LogP contribution in [0.1, 0.15) is 46.6 Å². The van der Waals surface area contributed by atoms with Crippen molar-refractivity contribution in [2.75, 3.05) is 6.61 Å². The van der Waals surface area contributed by atoms with E-state index < -0.39 is 11.3 Å². The molecule has 1 aliphatic rings. The Labute approximate surface area is 157 Å². The minimum absolute atomic E-state index is 0.0194. The van der Waals surface area contributed by atoms with Crippen molar-refractivity contribution >= 4 is 16.9 Å². The number of ether oxygens (including phenoxy) is 1. The van der Waals surface area contributed by atoms with Gasteiger partial charge in [0.25, 0.3) is 5.91 Å². The van der Waals surface area contributed by atoms with E-state index in [9.17, 15) is 9.90 Å². The standard InChI is InChI=1S/C21H22N2O4/c1-13-17(20(22)25)18-15(27-13)6-7-16(19(18)21(12-24)8-4-9-21)26-11-14-5-2-3-10-23-14/h2-3,5-7,10,24H,4,8-9,11-12H2,1H3,(H2,22,25). The zero-order valence-electron chi connectivity index (χ0n) is 15.2. The zero-order valence-corrected chi connectivity index (χ0v) is 15.2. The first-order valence-electron chi connectivity index (χ1n) is 9.06. The molecule has 0 atom stereocenters. The van der Waals surface area contributed by atoms with Crippen molar-refractivity contribution in [2.24, 2.45) is 5.73 Å². The second-order valence-corrected chi connectivity index (χ2v) is 7.11. The number of aliphatic hydroxyl groups excluding tert-OH is 1. The molecule has 140 valence electrons. The monoisotopic (exact) mass is 366 g/mol. The lowest BCUT2D eigenvalue weighted by atomic mass is 9.63. The van der Waals surface area contributed by atoms with Crippen LogP contribution in [0.4, 0.5) is 0 Å². The third-order valence-corrected chi connectivity index (χ3v) is 5.49. The number of benzene rings is 1. The quantitative estimate of drug-likeness (QED) is 0.698. The van der Waals surface area contributed by atoms with Crippen molar-refractivity contribution in [1.29, 1.82) is 0 Å². The van der Waals surface area contributed by atoms with Crippen LogP contribution in [0.5, 0.6) is 5.75 Å². The third-order valence-electron chi connectivity index (χ3n) is 5.49. The molecule has 3 aromatic rings. The Morgan fingerprint density at radius 1 is 1.33 bits per heavy atom. The number of aryl methyl sites for hydroxylation is 1. The molecule has 0 saturated heterocycles. The normalized spacial score (nSPS) is 15.5. The van der Waals surface area contributed by atoms with Crippen molar-refractivity contribution in [1.82, 2.24) is 4.98 Å². The van der Waals surface area contributed by atoms with Crippen molar-refractivity contribution in [3.8, 4) is 5.75 Å². The molecule has 1 saturated carbocycles. The first-order chi connectivity index (χ1) is 13.1. The van der Waals surface area contributed by atoms with Gasteiger partial charge >= 0.3 is 0 Å². The van der Waals surface area contributed by atoms with Gasteiger partial charge in [0.05, 0.1) is 17.9 Å². The molecule has 4 rings (SSSR count). The smallest absolute Gasteiger partial charge is 0.252 e. The van der Waals surface area contributed by atoms with Gasteiger partial charge in [0.2, 0.25) is 0 Å². The van der Waals surface area contributed by atoms with Gasteiger partial charge in [-0.1, -0.05) is 12.5 Å². The fraction of sp³-hybridized carbons (Fsp3) is 0.333. The Morgan fingerprint density at radius 2 is 2.15 bits per heavy atom. The molecule has 1 fully saturated rings. The number of pyridine rings is 1. The molecule has 1 amide bonds. The van der Waals surface area contributed by atoms with Gasteiger partial charge in [0, 0.05) is 22.6 Å². The Bertz CT molecular complexity index is 985. The number of hydrogen-bond donors (Lipinski definition) is 2. The van der Waals surface area contributed by atoms with Crippen LogP contribution in [-0.2, 0) is 12.0 Å². The van der Waals surface area contributed by atoms with Crippen LogP contribution in [0, 0.1) is 6.92 Å². The number of rotatable bonds is 6. The number of furan rings is 1. The first kappa shape index (κ1) is 17.5. The third kappa shape index (κ3) is 2.86. The molecule has 1 aromatic carbocycles. The van der Waals surface area contributed by atoms with Gasteiger partial charge in [-0.3, -0.25) is 9.78 Å². The zero-order chi connectivity index (χ0) is 19.0. The van der Waals surface area contributed by atoms with E-state index in [-0.39, 0.29) is 6.61 Å². The Balaban J connectivity index is 1.88. The predicted molar refractivity (Wildman–Crippen MR) is 101 cm³/mol. The van der Waals surface area contributed by atoms with E-state index >= 15 is 0 Å². The molecule has 0 aliphatic heterocycles. The second-order valence-electron chi connectivity index (χ2n) is 7.11. The van der Waals surface area contributed by atoms with E-state index in [4.69, 9.17) is 14.9 Å². The Hall–Kier alpha value is -2.86. The summed E-state index contributed by atoms with van der Waals surface area (Å²) in [7, 11) is 0. The van der Waals surface area contributed by atoms with E-state index in [0.29, 0.717) is 34.6 Å². The molecule has 2 aromatic heterocycles. The number of aromatic nitrogens is 1. The molecule has 27 heavy (non-hydrogen) atoms. The van der Waals surface area contributed by atoms with Gasteiger partial charge < -0.3 is 20.0 Å². The lowest BCUT2D eigenvalue weighted by Crippen LogP contribution is -2.38. The summed E-state index contributed by atoms with van der Waals surface area (Å²) in [5.74, 6) is 0.569. The summed E-state index contributed by atoms with van der Waals surface area (Å²) in [5, 5.41) is 10.8. The van der Waals surface area contributed by atoms with Gasteiger partial charge in [-0.05, 0) is 44.0 Å². The fourth-order valence-corrected chi connectivity index (χ4v) is 3.96. The van der Waals surface area contributed by atoms with Crippen molar-refractivity contribution < 1.29 is 19.1 Å². The molecule has 6 nitrogen and oxygen atoms in total. The van der Waals surface area contributed by atoms with Crippen LogP contribution in [0.2, 0.25) is 0 Å². The highest BCUT2D eigenvalue weighted by atomic mass is 16.5. The number of carbonyl (C=O) groups excluding carboxylic acids is 1. The lowest BCUT2D eigenvalue weighted by molar-refractivity contribution is 0.0999. The van der Waals surface area contributed by atoms with Crippen molar-refractivity contribution in [3.63, 3.8) is 0 Å². The molecule has 0 radical (unpaired) electrons. The van der Waals surface area contributed by atoms with Crippen LogP contribution in [0.25, 0.3) is 11.0 Å². The van der Waals surface area contributed by atoms with Gasteiger partial charge in [0.15, 0.2) is 0 Å².